The van der Waals surface area contributed by atoms with E-state index in [-0.39, 0.29) is 5.91 Å². The lowest BCUT2D eigenvalue weighted by molar-refractivity contribution is -0.121. The molecule has 2 aliphatic heterocycles. The number of carbonyl (C=O) groups is 1. The van der Waals surface area contributed by atoms with Gasteiger partial charge in [0.25, 0.3) is 0 Å². The largest absolute Gasteiger partial charge is 0.356 e. The molecule has 4 heteroatoms. The molecule has 3 fully saturated rings. The van der Waals surface area contributed by atoms with Gasteiger partial charge in [0, 0.05) is 37.6 Å². The Morgan fingerprint density at radius 3 is 2.63 bits per heavy atom. The lowest BCUT2D eigenvalue weighted by Gasteiger charge is -2.35. The molecule has 0 bridgehead atoms. The van der Waals surface area contributed by atoms with Crippen LogP contribution in [0.5, 0.6) is 0 Å². The molecule has 1 amide bonds. The molecule has 2 atom stereocenters. The first-order valence-electron chi connectivity index (χ1n) is 8.09. The van der Waals surface area contributed by atoms with Crippen molar-refractivity contribution < 1.29 is 4.79 Å². The highest BCUT2D eigenvalue weighted by atomic mass is 16.1. The first-order chi connectivity index (χ1) is 9.33. The van der Waals surface area contributed by atoms with E-state index >= 15 is 0 Å². The SMILES string of the molecule is O=C1CC(N(CC2CCCCN2)C2CC2)CCCN1. The standard InChI is InChI=1S/C15H27N3O/c19-15-10-14(5-3-9-17-15)18(13-6-7-13)11-12-4-1-2-8-16-12/h12-14,16H,1-11H2,(H,17,19). The maximum atomic E-state index is 11.8. The summed E-state index contributed by atoms with van der Waals surface area (Å²) in [5, 5.41) is 6.67. The molecule has 4 nitrogen and oxygen atoms in total. The van der Waals surface area contributed by atoms with Crippen LogP contribution < -0.4 is 10.6 Å². The van der Waals surface area contributed by atoms with E-state index in [1.54, 1.807) is 0 Å². The number of amides is 1. The third kappa shape index (κ3) is 3.69. The summed E-state index contributed by atoms with van der Waals surface area (Å²) in [4.78, 5) is 14.4. The van der Waals surface area contributed by atoms with Crippen LogP contribution in [-0.4, -0.2) is 48.6 Å². The first-order valence-corrected chi connectivity index (χ1v) is 8.09. The minimum Gasteiger partial charge on any atom is -0.356 e. The fourth-order valence-electron chi connectivity index (χ4n) is 3.57. The van der Waals surface area contributed by atoms with Crippen molar-refractivity contribution in [2.24, 2.45) is 0 Å². The highest BCUT2D eigenvalue weighted by molar-refractivity contribution is 5.76. The van der Waals surface area contributed by atoms with Crippen molar-refractivity contribution in [2.45, 2.75) is 69.5 Å². The second-order valence-electron chi connectivity index (χ2n) is 6.42. The van der Waals surface area contributed by atoms with Gasteiger partial charge in [-0.15, -0.1) is 0 Å². The lowest BCUT2D eigenvalue weighted by Crippen LogP contribution is -2.48. The zero-order chi connectivity index (χ0) is 13.1. The fourth-order valence-corrected chi connectivity index (χ4v) is 3.57. The van der Waals surface area contributed by atoms with Crippen LogP contribution in [0.4, 0.5) is 0 Å². The van der Waals surface area contributed by atoms with Gasteiger partial charge in [-0.1, -0.05) is 6.42 Å². The zero-order valence-electron chi connectivity index (χ0n) is 11.9. The molecule has 0 aromatic heterocycles. The topological polar surface area (TPSA) is 44.4 Å². The molecular formula is C15H27N3O. The molecule has 2 heterocycles. The van der Waals surface area contributed by atoms with Crippen molar-refractivity contribution in [3.8, 4) is 0 Å². The van der Waals surface area contributed by atoms with E-state index in [0.29, 0.717) is 18.5 Å². The summed E-state index contributed by atoms with van der Waals surface area (Å²) in [7, 11) is 0. The maximum Gasteiger partial charge on any atom is 0.221 e. The molecule has 3 rings (SSSR count). The molecular weight excluding hydrogens is 238 g/mol. The predicted octanol–water partition coefficient (Wildman–Crippen LogP) is 1.26. The summed E-state index contributed by atoms with van der Waals surface area (Å²) < 4.78 is 0. The molecule has 2 unspecified atom stereocenters. The highest BCUT2D eigenvalue weighted by Crippen LogP contribution is 2.32. The van der Waals surface area contributed by atoms with Crippen LogP contribution in [-0.2, 0) is 4.79 Å². The minimum absolute atomic E-state index is 0.254. The van der Waals surface area contributed by atoms with Crippen molar-refractivity contribution in [1.82, 2.24) is 15.5 Å². The monoisotopic (exact) mass is 265 g/mol. The summed E-state index contributed by atoms with van der Waals surface area (Å²) >= 11 is 0. The summed E-state index contributed by atoms with van der Waals surface area (Å²) in [6.45, 7) is 3.20. The van der Waals surface area contributed by atoms with Gasteiger partial charge in [-0.05, 0) is 45.1 Å². The van der Waals surface area contributed by atoms with E-state index < -0.39 is 0 Å². The predicted molar refractivity (Wildman–Crippen MR) is 76.0 cm³/mol. The molecule has 1 aliphatic carbocycles. The molecule has 108 valence electrons. The Hall–Kier alpha value is -0.610. The van der Waals surface area contributed by atoms with Gasteiger partial charge in [0.2, 0.25) is 5.91 Å². The number of hydrogen-bond donors (Lipinski definition) is 2. The summed E-state index contributed by atoms with van der Waals surface area (Å²) in [5.74, 6) is 0.254. The van der Waals surface area contributed by atoms with Crippen LogP contribution in [0, 0.1) is 0 Å². The fraction of sp³-hybridized carbons (Fsp3) is 0.933. The van der Waals surface area contributed by atoms with Crippen molar-refractivity contribution in [1.29, 1.82) is 0 Å². The quantitative estimate of drug-likeness (QED) is 0.804. The lowest BCUT2D eigenvalue weighted by atomic mass is 10.0. The van der Waals surface area contributed by atoms with Gasteiger partial charge < -0.3 is 10.6 Å². The normalized spacial score (nSPS) is 33.0. The molecule has 0 radical (unpaired) electrons. The Labute approximate surface area is 116 Å². The Balaban J connectivity index is 1.60. The van der Waals surface area contributed by atoms with Crippen LogP contribution >= 0.6 is 0 Å². The first kappa shape index (κ1) is 13.4. The van der Waals surface area contributed by atoms with E-state index in [4.69, 9.17) is 0 Å². The molecule has 2 N–H and O–H groups in total. The Bertz CT molecular complexity index is 311. The van der Waals surface area contributed by atoms with Gasteiger partial charge >= 0.3 is 0 Å². The van der Waals surface area contributed by atoms with E-state index in [1.165, 1.54) is 45.1 Å². The number of carbonyl (C=O) groups excluding carboxylic acids is 1. The molecule has 0 aromatic carbocycles. The maximum absolute atomic E-state index is 11.8. The van der Waals surface area contributed by atoms with Crippen molar-refractivity contribution in [3.05, 3.63) is 0 Å². The van der Waals surface area contributed by atoms with Gasteiger partial charge in [0.15, 0.2) is 0 Å². The average Bonchev–Trinajstić information content (AvgIpc) is 3.25. The Morgan fingerprint density at radius 1 is 1.00 bits per heavy atom. The number of rotatable bonds is 4. The van der Waals surface area contributed by atoms with Crippen molar-refractivity contribution in [2.75, 3.05) is 19.6 Å². The molecule has 19 heavy (non-hydrogen) atoms. The number of nitrogens with zero attached hydrogens (tertiary/aromatic N) is 1. The molecule has 1 saturated carbocycles. The van der Waals surface area contributed by atoms with Crippen LogP contribution in [0.2, 0.25) is 0 Å². The van der Waals surface area contributed by atoms with E-state index in [1.807, 2.05) is 0 Å². The minimum atomic E-state index is 0.254. The molecule has 2 saturated heterocycles. The van der Waals surface area contributed by atoms with Crippen LogP contribution in [0.1, 0.15) is 51.4 Å². The third-order valence-electron chi connectivity index (χ3n) is 4.79. The van der Waals surface area contributed by atoms with Crippen LogP contribution in [0.15, 0.2) is 0 Å². The second kappa shape index (κ2) is 6.23. The smallest absolute Gasteiger partial charge is 0.221 e. The van der Waals surface area contributed by atoms with Gasteiger partial charge in [0.1, 0.15) is 0 Å². The zero-order valence-corrected chi connectivity index (χ0v) is 11.9. The summed E-state index contributed by atoms with van der Waals surface area (Å²) in [6.07, 6.45) is 9.70. The summed E-state index contributed by atoms with van der Waals surface area (Å²) in [6, 6.07) is 1.90. The van der Waals surface area contributed by atoms with Gasteiger partial charge in [-0.25, -0.2) is 0 Å². The van der Waals surface area contributed by atoms with Gasteiger partial charge in [-0.2, -0.15) is 0 Å². The van der Waals surface area contributed by atoms with Crippen molar-refractivity contribution >= 4 is 5.91 Å². The molecule has 0 spiro atoms. The second-order valence-corrected chi connectivity index (χ2v) is 6.42. The average molecular weight is 265 g/mol. The summed E-state index contributed by atoms with van der Waals surface area (Å²) in [5.41, 5.74) is 0. The number of hydrogen-bond acceptors (Lipinski definition) is 3. The van der Waals surface area contributed by atoms with E-state index in [9.17, 15) is 4.79 Å². The van der Waals surface area contributed by atoms with Crippen molar-refractivity contribution in [3.63, 3.8) is 0 Å². The number of piperidine rings is 1. The van der Waals surface area contributed by atoms with E-state index in [2.05, 4.69) is 15.5 Å². The molecule has 0 aromatic rings. The molecule has 3 aliphatic rings. The highest BCUT2D eigenvalue weighted by Gasteiger charge is 2.36. The van der Waals surface area contributed by atoms with Gasteiger partial charge in [0.05, 0.1) is 0 Å². The Morgan fingerprint density at radius 2 is 1.89 bits per heavy atom. The van der Waals surface area contributed by atoms with Crippen LogP contribution in [0.25, 0.3) is 0 Å². The van der Waals surface area contributed by atoms with Crippen LogP contribution in [0.3, 0.4) is 0 Å². The number of nitrogens with one attached hydrogen (secondary N) is 2. The Kier molecular flexibility index (Phi) is 4.38. The van der Waals surface area contributed by atoms with Gasteiger partial charge in [-0.3, -0.25) is 9.69 Å². The van der Waals surface area contributed by atoms with E-state index in [0.717, 1.165) is 25.6 Å². The third-order valence-corrected chi connectivity index (χ3v) is 4.79.